The zero-order valence-corrected chi connectivity index (χ0v) is 14.9. The Bertz CT molecular complexity index is 711. The van der Waals surface area contributed by atoms with E-state index >= 15 is 0 Å². The van der Waals surface area contributed by atoms with Crippen LogP contribution in [0, 0.1) is 0 Å². The summed E-state index contributed by atoms with van der Waals surface area (Å²) >= 11 is 9.39. The second kappa shape index (κ2) is 6.89. The van der Waals surface area contributed by atoms with Crippen molar-refractivity contribution >= 4 is 33.6 Å². The molecular weight excluding hydrogens is 380 g/mol. The summed E-state index contributed by atoms with van der Waals surface area (Å²) in [6, 6.07) is 13.4. The minimum absolute atomic E-state index is 0.0501. The maximum absolute atomic E-state index is 12.4. The van der Waals surface area contributed by atoms with Gasteiger partial charge in [0.1, 0.15) is 11.3 Å². The van der Waals surface area contributed by atoms with Gasteiger partial charge >= 0.3 is 6.09 Å². The fourth-order valence-corrected chi connectivity index (χ4v) is 3.19. The molecule has 0 spiro atoms. The van der Waals surface area contributed by atoms with E-state index < -0.39 is 0 Å². The Morgan fingerprint density at radius 2 is 2.04 bits per heavy atom. The number of cyclic esters (lactones) is 1. The molecule has 23 heavy (non-hydrogen) atoms. The van der Waals surface area contributed by atoms with Crippen LogP contribution in [0.1, 0.15) is 30.7 Å². The number of amides is 1. The van der Waals surface area contributed by atoms with Gasteiger partial charge in [0.05, 0.1) is 12.2 Å². The largest absolute Gasteiger partial charge is 0.441 e. The van der Waals surface area contributed by atoms with Gasteiger partial charge in [0.2, 0.25) is 0 Å². The van der Waals surface area contributed by atoms with E-state index in [4.69, 9.17) is 16.3 Å². The van der Waals surface area contributed by atoms with Crippen molar-refractivity contribution in [1.29, 1.82) is 0 Å². The number of pyridine rings is 1. The lowest BCUT2D eigenvalue weighted by molar-refractivity contribution is -0.00167. The van der Waals surface area contributed by atoms with Crippen LogP contribution in [0.2, 0.25) is 5.15 Å². The average Bonchev–Trinajstić information content (AvgIpc) is 2.54. The molecule has 2 aromatic rings. The van der Waals surface area contributed by atoms with Crippen molar-refractivity contribution in [2.75, 3.05) is 0 Å². The number of hydrogen-bond donors (Lipinski definition) is 0. The SMILES string of the molecule is C[C@H]1C[C@@H](c2ccccc2)OC(=O)N1Cc1nc(Cl)ccc1Br. The molecule has 0 bridgehead atoms. The van der Waals surface area contributed by atoms with Gasteiger partial charge in [-0.25, -0.2) is 9.78 Å². The third-order valence-electron chi connectivity index (χ3n) is 3.94. The summed E-state index contributed by atoms with van der Waals surface area (Å²) in [6.45, 7) is 2.39. The molecule has 0 saturated carbocycles. The first-order chi connectivity index (χ1) is 11.0. The Balaban J connectivity index is 1.76. The molecule has 120 valence electrons. The molecule has 1 aromatic heterocycles. The summed E-state index contributed by atoms with van der Waals surface area (Å²) in [5, 5.41) is 0.406. The third kappa shape index (κ3) is 3.67. The molecule has 3 rings (SSSR count). The van der Waals surface area contributed by atoms with Crippen molar-refractivity contribution < 1.29 is 9.53 Å². The van der Waals surface area contributed by atoms with E-state index in [9.17, 15) is 4.79 Å². The molecule has 1 fully saturated rings. The standard InChI is InChI=1S/C17H16BrClN2O2/c1-11-9-15(12-5-3-2-4-6-12)23-17(22)21(11)10-14-13(18)7-8-16(19)20-14/h2-8,11,15H,9-10H2,1H3/t11-,15-/m0/s1. The molecule has 0 N–H and O–H groups in total. The maximum atomic E-state index is 12.4. The van der Waals surface area contributed by atoms with E-state index in [2.05, 4.69) is 20.9 Å². The average molecular weight is 396 g/mol. The summed E-state index contributed by atoms with van der Waals surface area (Å²) in [6.07, 6.45) is 0.213. The zero-order valence-electron chi connectivity index (χ0n) is 12.6. The molecule has 1 aliphatic rings. The van der Waals surface area contributed by atoms with E-state index in [1.54, 1.807) is 11.0 Å². The number of benzene rings is 1. The van der Waals surface area contributed by atoms with Crippen LogP contribution in [0.15, 0.2) is 46.9 Å². The third-order valence-corrected chi connectivity index (χ3v) is 4.87. The van der Waals surface area contributed by atoms with Gasteiger partial charge in [-0.2, -0.15) is 0 Å². The molecule has 0 aliphatic carbocycles. The fraction of sp³-hybridized carbons (Fsp3) is 0.294. The molecule has 2 heterocycles. The van der Waals surface area contributed by atoms with Gasteiger partial charge in [-0.05, 0) is 40.5 Å². The summed E-state index contributed by atoms with van der Waals surface area (Å²) < 4.78 is 6.43. The quantitative estimate of drug-likeness (QED) is 0.689. The normalized spacial score (nSPS) is 21.2. The van der Waals surface area contributed by atoms with Crippen LogP contribution in [0.5, 0.6) is 0 Å². The van der Waals surface area contributed by atoms with Gasteiger partial charge in [-0.1, -0.05) is 41.9 Å². The Morgan fingerprint density at radius 1 is 1.30 bits per heavy atom. The van der Waals surface area contributed by atoms with Crippen molar-refractivity contribution in [3.8, 4) is 0 Å². The van der Waals surface area contributed by atoms with E-state index in [1.165, 1.54) is 0 Å². The van der Waals surface area contributed by atoms with Gasteiger partial charge in [0.15, 0.2) is 0 Å². The van der Waals surface area contributed by atoms with Crippen molar-refractivity contribution in [3.63, 3.8) is 0 Å². The molecular formula is C17H16BrClN2O2. The summed E-state index contributed by atoms with van der Waals surface area (Å²) in [5.41, 5.74) is 1.74. The van der Waals surface area contributed by atoms with E-state index in [-0.39, 0.29) is 18.2 Å². The van der Waals surface area contributed by atoms with Crippen molar-refractivity contribution in [3.05, 3.63) is 63.3 Å². The Hall–Kier alpha value is -1.59. The smallest absolute Gasteiger partial charge is 0.410 e. The second-order valence-corrected chi connectivity index (χ2v) is 6.80. The van der Waals surface area contributed by atoms with Gasteiger partial charge in [0, 0.05) is 16.9 Å². The fourth-order valence-electron chi connectivity index (χ4n) is 2.68. The summed E-state index contributed by atoms with van der Waals surface area (Å²) in [7, 11) is 0. The first-order valence-electron chi connectivity index (χ1n) is 7.37. The molecule has 0 unspecified atom stereocenters. The van der Waals surface area contributed by atoms with Crippen molar-refractivity contribution in [2.24, 2.45) is 0 Å². The van der Waals surface area contributed by atoms with Crippen LogP contribution in [-0.2, 0) is 11.3 Å². The molecule has 1 saturated heterocycles. The van der Waals surface area contributed by atoms with Crippen LogP contribution >= 0.6 is 27.5 Å². The van der Waals surface area contributed by atoms with Crippen LogP contribution in [0.4, 0.5) is 4.79 Å². The second-order valence-electron chi connectivity index (χ2n) is 5.56. The highest BCUT2D eigenvalue weighted by atomic mass is 79.9. The van der Waals surface area contributed by atoms with E-state index in [0.29, 0.717) is 11.7 Å². The molecule has 1 aromatic carbocycles. The van der Waals surface area contributed by atoms with E-state index in [1.807, 2.05) is 43.3 Å². The Kier molecular flexibility index (Phi) is 4.87. The predicted molar refractivity (Wildman–Crippen MR) is 92.2 cm³/mol. The number of rotatable bonds is 3. The lowest BCUT2D eigenvalue weighted by Gasteiger charge is -2.37. The van der Waals surface area contributed by atoms with Gasteiger partial charge in [-0.3, -0.25) is 4.90 Å². The lowest BCUT2D eigenvalue weighted by Crippen LogP contribution is -2.44. The topological polar surface area (TPSA) is 42.4 Å². The number of hydrogen-bond acceptors (Lipinski definition) is 3. The van der Waals surface area contributed by atoms with Crippen molar-refractivity contribution in [1.82, 2.24) is 9.88 Å². The summed E-state index contributed by atoms with van der Waals surface area (Å²) in [4.78, 5) is 18.4. The first-order valence-corrected chi connectivity index (χ1v) is 8.55. The lowest BCUT2D eigenvalue weighted by atomic mass is 10.0. The van der Waals surface area contributed by atoms with Gasteiger partial charge in [0.25, 0.3) is 0 Å². The zero-order chi connectivity index (χ0) is 16.4. The predicted octanol–water partition coefficient (Wildman–Crippen LogP) is 4.97. The number of carbonyl (C=O) groups is 1. The highest BCUT2D eigenvalue weighted by Crippen LogP contribution is 2.32. The van der Waals surface area contributed by atoms with Crippen LogP contribution < -0.4 is 0 Å². The van der Waals surface area contributed by atoms with Crippen LogP contribution in [0.3, 0.4) is 0 Å². The highest BCUT2D eigenvalue weighted by Gasteiger charge is 2.34. The molecule has 0 radical (unpaired) electrons. The molecule has 1 aliphatic heterocycles. The maximum Gasteiger partial charge on any atom is 0.410 e. The molecule has 6 heteroatoms. The minimum Gasteiger partial charge on any atom is -0.441 e. The molecule has 1 amide bonds. The van der Waals surface area contributed by atoms with Crippen molar-refractivity contribution in [2.45, 2.75) is 32.0 Å². The van der Waals surface area contributed by atoms with Crippen LogP contribution in [-0.4, -0.2) is 22.0 Å². The number of nitrogens with zero attached hydrogens (tertiary/aromatic N) is 2. The number of ether oxygens (including phenoxy) is 1. The number of carbonyl (C=O) groups excluding carboxylic acids is 1. The number of aromatic nitrogens is 1. The minimum atomic E-state index is -0.328. The summed E-state index contributed by atoms with van der Waals surface area (Å²) in [5.74, 6) is 0. The molecule has 4 nitrogen and oxygen atoms in total. The highest BCUT2D eigenvalue weighted by molar-refractivity contribution is 9.10. The van der Waals surface area contributed by atoms with Crippen LogP contribution in [0.25, 0.3) is 0 Å². The monoisotopic (exact) mass is 394 g/mol. The molecule has 2 atom stereocenters. The first kappa shape index (κ1) is 16.3. The van der Waals surface area contributed by atoms with Gasteiger partial charge < -0.3 is 4.74 Å². The Labute approximate surface area is 148 Å². The van der Waals surface area contributed by atoms with Gasteiger partial charge in [-0.15, -0.1) is 0 Å². The number of halogens is 2. The Morgan fingerprint density at radius 3 is 2.74 bits per heavy atom. The van der Waals surface area contributed by atoms with E-state index in [0.717, 1.165) is 22.2 Å².